The highest BCUT2D eigenvalue weighted by Crippen LogP contribution is 2.31. The minimum absolute atomic E-state index is 0.0682. The topological polar surface area (TPSA) is 42.6 Å². The molecule has 2 aromatic rings. The zero-order valence-corrected chi connectivity index (χ0v) is 20.1. The van der Waals surface area contributed by atoms with E-state index in [1.165, 1.54) is 39.0 Å². The van der Waals surface area contributed by atoms with Crippen molar-refractivity contribution >= 4 is 0 Å². The molecule has 1 aliphatic heterocycles. The average molecular weight is 441 g/mol. The molecule has 1 aliphatic carbocycles. The molecular formula is C26H40N4O2. The molecule has 2 aliphatic rings. The van der Waals surface area contributed by atoms with Crippen LogP contribution in [0.2, 0.25) is 0 Å². The molecule has 1 saturated carbocycles. The predicted molar refractivity (Wildman–Crippen MR) is 130 cm³/mol. The third-order valence-corrected chi connectivity index (χ3v) is 7.34. The summed E-state index contributed by atoms with van der Waals surface area (Å²) < 4.78 is 9.46. The number of nitrogens with zero attached hydrogens (tertiary/aromatic N) is 4. The van der Waals surface area contributed by atoms with Gasteiger partial charge in [-0.1, -0.05) is 13.3 Å². The molecule has 176 valence electrons. The van der Waals surface area contributed by atoms with Gasteiger partial charge in [0.2, 0.25) is 0 Å². The summed E-state index contributed by atoms with van der Waals surface area (Å²) in [5, 5.41) is 0. The maximum absolute atomic E-state index is 13.1. The van der Waals surface area contributed by atoms with E-state index in [1.807, 2.05) is 41.2 Å². The first-order valence-electron chi connectivity index (χ1n) is 12.6. The van der Waals surface area contributed by atoms with Crippen LogP contribution >= 0.6 is 0 Å². The van der Waals surface area contributed by atoms with E-state index in [1.54, 1.807) is 4.57 Å². The second-order valence-corrected chi connectivity index (χ2v) is 9.68. The summed E-state index contributed by atoms with van der Waals surface area (Å²) in [6.07, 6.45) is 10.6. The molecule has 4 rings (SSSR count). The molecule has 0 atom stereocenters. The Labute approximate surface area is 192 Å². The van der Waals surface area contributed by atoms with Crippen LogP contribution < -0.4 is 10.4 Å². The third kappa shape index (κ3) is 5.29. The monoisotopic (exact) mass is 440 g/mol. The van der Waals surface area contributed by atoms with Gasteiger partial charge in [-0.05, 0) is 70.2 Å². The third-order valence-electron chi connectivity index (χ3n) is 7.34. The van der Waals surface area contributed by atoms with Crippen LogP contribution in [0, 0.1) is 0 Å². The molecule has 1 saturated heterocycles. The summed E-state index contributed by atoms with van der Waals surface area (Å²) in [7, 11) is 0. The fourth-order valence-electron chi connectivity index (χ4n) is 5.22. The van der Waals surface area contributed by atoms with Crippen LogP contribution in [0.5, 0.6) is 5.75 Å². The van der Waals surface area contributed by atoms with E-state index in [-0.39, 0.29) is 5.69 Å². The van der Waals surface area contributed by atoms with E-state index in [4.69, 9.17) is 4.74 Å². The van der Waals surface area contributed by atoms with Crippen LogP contribution in [0.4, 0.5) is 0 Å². The largest absolute Gasteiger partial charge is 0.494 e. The lowest BCUT2D eigenvalue weighted by Crippen LogP contribution is -2.52. The van der Waals surface area contributed by atoms with Crippen LogP contribution in [-0.2, 0) is 0 Å². The van der Waals surface area contributed by atoms with Crippen LogP contribution in [0.3, 0.4) is 0 Å². The van der Waals surface area contributed by atoms with Gasteiger partial charge in [0.1, 0.15) is 5.75 Å². The molecule has 0 bridgehead atoms. The van der Waals surface area contributed by atoms with E-state index < -0.39 is 0 Å². The smallest absolute Gasteiger partial charge is 0.332 e. The van der Waals surface area contributed by atoms with Gasteiger partial charge in [-0.25, -0.2) is 4.79 Å². The first kappa shape index (κ1) is 23.1. The van der Waals surface area contributed by atoms with Crippen LogP contribution in [0.25, 0.3) is 5.69 Å². The Bertz CT molecular complexity index is 885. The van der Waals surface area contributed by atoms with Gasteiger partial charge in [0, 0.05) is 56.7 Å². The number of hydrogen-bond acceptors (Lipinski definition) is 4. The SMILES string of the molecule is CCCCOc1ccc(-n2ccn(C3CCC(N4CCN(C(C)C)CC4)CC3)c2=O)cc1. The Hall–Kier alpha value is -2.05. The molecule has 0 spiro atoms. The quantitative estimate of drug-likeness (QED) is 0.573. The fourth-order valence-corrected chi connectivity index (χ4v) is 5.22. The number of aromatic nitrogens is 2. The number of unbranched alkanes of at least 4 members (excludes halogenated alkanes) is 1. The summed E-state index contributed by atoms with van der Waals surface area (Å²) in [6.45, 7) is 12.2. The van der Waals surface area contributed by atoms with Gasteiger partial charge in [0.25, 0.3) is 0 Å². The highest BCUT2D eigenvalue weighted by molar-refractivity contribution is 5.37. The molecule has 2 heterocycles. The van der Waals surface area contributed by atoms with Crippen LogP contribution in [0.1, 0.15) is 65.3 Å². The number of ether oxygens (including phenoxy) is 1. The molecular weight excluding hydrogens is 400 g/mol. The Balaban J connectivity index is 1.33. The molecule has 0 radical (unpaired) electrons. The number of hydrogen-bond donors (Lipinski definition) is 0. The highest BCUT2D eigenvalue weighted by Gasteiger charge is 2.30. The molecule has 0 unspecified atom stereocenters. The lowest BCUT2D eigenvalue weighted by Gasteiger charge is -2.43. The maximum atomic E-state index is 13.1. The van der Waals surface area contributed by atoms with E-state index in [9.17, 15) is 4.79 Å². The number of piperazine rings is 1. The molecule has 2 fully saturated rings. The zero-order chi connectivity index (χ0) is 22.5. The van der Waals surface area contributed by atoms with Gasteiger partial charge in [0.05, 0.1) is 12.3 Å². The summed E-state index contributed by atoms with van der Waals surface area (Å²) in [5.41, 5.74) is 0.965. The maximum Gasteiger partial charge on any atom is 0.332 e. The van der Waals surface area contributed by atoms with Gasteiger partial charge in [-0.3, -0.25) is 18.9 Å². The van der Waals surface area contributed by atoms with Crippen molar-refractivity contribution in [2.75, 3.05) is 32.8 Å². The molecule has 6 nitrogen and oxygen atoms in total. The summed E-state index contributed by atoms with van der Waals surface area (Å²) in [5.74, 6) is 0.863. The van der Waals surface area contributed by atoms with Crippen LogP contribution in [0.15, 0.2) is 41.5 Å². The standard InChI is InChI=1S/C26H40N4O2/c1-4-5-20-32-25-12-10-24(11-13-25)30-19-18-29(26(30)31)23-8-6-22(7-9-23)28-16-14-27(15-17-28)21(2)3/h10-13,18-19,21-23H,4-9,14-17,20H2,1-3H3. The molecule has 0 amide bonds. The second kappa shape index (κ2) is 10.7. The van der Waals surface area contributed by atoms with Crippen LogP contribution in [-0.4, -0.2) is 63.8 Å². The summed E-state index contributed by atoms with van der Waals surface area (Å²) >= 11 is 0. The van der Waals surface area contributed by atoms with Crippen molar-refractivity contribution in [3.8, 4) is 11.4 Å². The Kier molecular flexibility index (Phi) is 7.74. The van der Waals surface area contributed by atoms with E-state index in [0.29, 0.717) is 18.1 Å². The predicted octanol–water partition coefficient (Wildman–Crippen LogP) is 4.33. The molecule has 1 aromatic carbocycles. The number of benzene rings is 1. The molecule has 32 heavy (non-hydrogen) atoms. The van der Waals surface area contributed by atoms with Gasteiger partial charge < -0.3 is 4.74 Å². The minimum atomic E-state index is 0.0682. The van der Waals surface area contributed by atoms with Gasteiger partial charge in [0.15, 0.2) is 0 Å². The second-order valence-electron chi connectivity index (χ2n) is 9.68. The highest BCUT2D eigenvalue weighted by atomic mass is 16.5. The Morgan fingerprint density at radius 2 is 1.59 bits per heavy atom. The number of imidazole rings is 1. The number of rotatable bonds is 8. The van der Waals surface area contributed by atoms with Crippen molar-refractivity contribution in [2.24, 2.45) is 0 Å². The Morgan fingerprint density at radius 1 is 0.938 bits per heavy atom. The first-order valence-corrected chi connectivity index (χ1v) is 12.6. The van der Waals surface area contributed by atoms with Crippen molar-refractivity contribution in [3.63, 3.8) is 0 Å². The average Bonchev–Trinajstić information content (AvgIpc) is 3.21. The fraction of sp³-hybridized carbons (Fsp3) is 0.654. The lowest BCUT2D eigenvalue weighted by atomic mass is 9.89. The lowest BCUT2D eigenvalue weighted by molar-refractivity contribution is 0.0581. The molecule has 0 N–H and O–H groups in total. The first-order chi connectivity index (χ1) is 15.6. The summed E-state index contributed by atoms with van der Waals surface area (Å²) in [4.78, 5) is 18.4. The van der Waals surface area contributed by atoms with Gasteiger partial charge in [-0.15, -0.1) is 0 Å². The van der Waals surface area contributed by atoms with Gasteiger partial charge in [-0.2, -0.15) is 0 Å². The Morgan fingerprint density at radius 3 is 2.22 bits per heavy atom. The normalized spacial score (nSPS) is 23.0. The van der Waals surface area contributed by atoms with Crippen molar-refractivity contribution in [3.05, 3.63) is 47.1 Å². The van der Waals surface area contributed by atoms with Crippen molar-refractivity contribution < 1.29 is 4.74 Å². The zero-order valence-electron chi connectivity index (χ0n) is 20.1. The van der Waals surface area contributed by atoms with E-state index in [0.717, 1.165) is 43.7 Å². The van der Waals surface area contributed by atoms with Crippen molar-refractivity contribution in [1.82, 2.24) is 18.9 Å². The van der Waals surface area contributed by atoms with Crippen molar-refractivity contribution in [1.29, 1.82) is 0 Å². The molecule has 6 heteroatoms. The van der Waals surface area contributed by atoms with E-state index in [2.05, 4.69) is 30.6 Å². The molecule has 1 aromatic heterocycles. The van der Waals surface area contributed by atoms with Crippen molar-refractivity contribution in [2.45, 2.75) is 77.4 Å². The van der Waals surface area contributed by atoms with Gasteiger partial charge >= 0.3 is 5.69 Å². The van der Waals surface area contributed by atoms with E-state index >= 15 is 0 Å². The summed E-state index contributed by atoms with van der Waals surface area (Å²) in [6, 6.07) is 9.50. The minimum Gasteiger partial charge on any atom is -0.494 e.